The molecular formula is C18H25NO6. The first kappa shape index (κ1) is 20.6. The van der Waals surface area contributed by atoms with E-state index in [0.717, 1.165) is 0 Å². The van der Waals surface area contributed by atoms with Crippen LogP contribution in [0.3, 0.4) is 0 Å². The van der Waals surface area contributed by atoms with E-state index in [0.29, 0.717) is 0 Å². The predicted molar refractivity (Wildman–Crippen MR) is 90.4 cm³/mol. The summed E-state index contributed by atoms with van der Waals surface area (Å²) in [5.74, 6) is -3.20. The minimum absolute atomic E-state index is 0.0336. The van der Waals surface area contributed by atoms with Crippen molar-refractivity contribution >= 4 is 17.9 Å². The van der Waals surface area contributed by atoms with E-state index in [9.17, 15) is 19.5 Å². The smallest absolute Gasteiger partial charge is 0.350 e. The second-order valence-electron chi connectivity index (χ2n) is 7.78. The van der Waals surface area contributed by atoms with Gasteiger partial charge in [-0.05, 0) is 59.2 Å². The summed E-state index contributed by atoms with van der Waals surface area (Å²) in [4.78, 5) is 37.2. The van der Waals surface area contributed by atoms with E-state index in [4.69, 9.17) is 15.2 Å². The van der Waals surface area contributed by atoms with Crippen LogP contribution in [0, 0.1) is 5.41 Å². The fraction of sp³-hybridized carbons (Fsp3) is 0.500. The second kappa shape index (κ2) is 6.84. The number of benzene rings is 1. The summed E-state index contributed by atoms with van der Waals surface area (Å²) in [5.41, 5.74) is 1.89. The van der Waals surface area contributed by atoms with Crippen LogP contribution in [0.1, 0.15) is 47.1 Å². The molecule has 0 saturated carbocycles. The van der Waals surface area contributed by atoms with Crippen molar-refractivity contribution in [1.29, 1.82) is 0 Å². The Labute approximate surface area is 147 Å². The van der Waals surface area contributed by atoms with Gasteiger partial charge in [0.05, 0.1) is 5.41 Å². The molecular weight excluding hydrogens is 326 g/mol. The first-order valence-electron chi connectivity index (χ1n) is 7.76. The van der Waals surface area contributed by atoms with Crippen LogP contribution in [0.5, 0.6) is 5.75 Å². The van der Waals surface area contributed by atoms with E-state index in [1.165, 1.54) is 24.3 Å². The van der Waals surface area contributed by atoms with Crippen LogP contribution in [-0.2, 0) is 29.4 Å². The molecule has 25 heavy (non-hydrogen) atoms. The molecule has 1 aromatic carbocycles. The van der Waals surface area contributed by atoms with Crippen LogP contribution < -0.4 is 5.73 Å². The summed E-state index contributed by atoms with van der Waals surface area (Å²) in [6.07, 6.45) is 0. The molecule has 1 atom stereocenters. The standard InChI is InChI=1S/C18H25NO6/c1-16(2,3)13(21)24-14(22)18(19,15(23)25-17(4,5)6)11-7-9-12(20)10-8-11/h7-10,20H,19H2,1-6H3. The Bertz CT molecular complexity index is 666. The molecule has 0 spiro atoms. The van der Waals surface area contributed by atoms with Crippen molar-refractivity contribution in [1.82, 2.24) is 0 Å². The number of carbonyl (C=O) groups is 3. The van der Waals surface area contributed by atoms with Crippen LogP contribution in [-0.4, -0.2) is 28.6 Å². The third-order valence-electron chi connectivity index (χ3n) is 3.16. The van der Waals surface area contributed by atoms with E-state index in [1.807, 2.05) is 0 Å². The van der Waals surface area contributed by atoms with Crippen LogP contribution in [0.4, 0.5) is 0 Å². The summed E-state index contributed by atoms with van der Waals surface area (Å²) in [7, 11) is 0. The molecule has 0 bridgehead atoms. The van der Waals surface area contributed by atoms with Crippen molar-refractivity contribution in [3.8, 4) is 5.75 Å². The molecule has 0 fully saturated rings. The summed E-state index contributed by atoms with van der Waals surface area (Å²) >= 11 is 0. The second-order valence-corrected chi connectivity index (χ2v) is 7.78. The number of ether oxygens (including phenoxy) is 2. The first-order chi connectivity index (χ1) is 11.2. The lowest BCUT2D eigenvalue weighted by atomic mass is 9.90. The summed E-state index contributed by atoms with van der Waals surface area (Å²) in [6, 6.07) is 5.12. The van der Waals surface area contributed by atoms with Crippen molar-refractivity contribution < 1.29 is 29.0 Å². The first-order valence-corrected chi connectivity index (χ1v) is 7.76. The van der Waals surface area contributed by atoms with Crippen LogP contribution in [0.15, 0.2) is 24.3 Å². The zero-order chi connectivity index (χ0) is 19.6. The van der Waals surface area contributed by atoms with Gasteiger partial charge in [0.15, 0.2) is 0 Å². The number of hydrogen-bond acceptors (Lipinski definition) is 7. The molecule has 0 aromatic heterocycles. The molecule has 1 aromatic rings. The molecule has 7 nitrogen and oxygen atoms in total. The Morgan fingerprint density at radius 1 is 0.880 bits per heavy atom. The quantitative estimate of drug-likeness (QED) is 0.632. The molecule has 0 aliphatic heterocycles. The molecule has 1 unspecified atom stereocenters. The van der Waals surface area contributed by atoms with Crippen molar-refractivity contribution in [3.05, 3.63) is 29.8 Å². The monoisotopic (exact) mass is 351 g/mol. The number of hydrogen-bond donors (Lipinski definition) is 2. The van der Waals surface area contributed by atoms with E-state index in [1.54, 1.807) is 41.5 Å². The molecule has 0 aliphatic rings. The van der Waals surface area contributed by atoms with E-state index in [2.05, 4.69) is 0 Å². The van der Waals surface area contributed by atoms with Crippen LogP contribution >= 0.6 is 0 Å². The van der Waals surface area contributed by atoms with Gasteiger partial charge in [-0.25, -0.2) is 9.59 Å². The van der Waals surface area contributed by atoms with E-state index < -0.39 is 34.5 Å². The van der Waals surface area contributed by atoms with Crippen molar-refractivity contribution in [2.45, 2.75) is 52.7 Å². The number of carbonyl (C=O) groups excluding carboxylic acids is 3. The highest BCUT2D eigenvalue weighted by Gasteiger charge is 2.50. The summed E-state index contributed by atoms with van der Waals surface area (Å²) in [5, 5.41) is 9.41. The fourth-order valence-electron chi connectivity index (χ4n) is 1.72. The van der Waals surface area contributed by atoms with Gasteiger partial charge in [0.1, 0.15) is 11.4 Å². The van der Waals surface area contributed by atoms with Crippen molar-refractivity contribution in [3.63, 3.8) is 0 Å². The Morgan fingerprint density at radius 2 is 1.36 bits per heavy atom. The maximum atomic E-state index is 12.6. The minimum Gasteiger partial charge on any atom is -0.508 e. The van der Waals surface area contributed by atoms with Gasteiger partial charge >= 0.3 is 17.9 Å². The van der Waals surface area contributed by atoms with Gasteiger partial charge in [0.2, 0.25) is 5.54 Å². The van der Waals surface area contributed by atoms with Gasteiger partial charge in [-0.1, -0.05) is 12.1 Å². The molecule has 138 valence electrons. The SMILES string of the molecule is CC(C)(C)OC(=O)C(N)(C(=O)OC(=O)C(C)(C)C)c1ccc(O)cc1. The zero-order valence-electron chi connectivity index (χ0n) is 15.4. The maximum absolute atomic E-state index is 12.6. The number of aromatic hydroxyl groups is 1. The average Bonchev–Trinajstić information content (AvgIpc) is 2.44. The number of phenolic OH excluding ortho intramolecular Hbond substituents is 1. The number of rotatable bonds is 3. The molecule has 3 N–H and O–H groups in total. The van der Waals surface area contributed by atoms with Crippen LogP contribution in [0.2, 0.25) is 0 Å². The Morgan fingerprint density at radius 3 is 1.76 bits per heavy atom. The van der Waals surface area contributed by atoms with Crippen molar-refractivity contribution in [2.75, 3.05) is 0 Å². The Balaban J connectivity index is 3.32. The molecule has 0 aliphatic carbocycles. The lowest BCUT2D eigenvalue weighted by molar-refractivity contribution is -0.178. The van der Waals surface area contributed by atoms with Gasteiger partial charge in [-0.15, -0.1) is 0 Å². The lowest BCUT2D eigenvalue weighted by Gasteiger charge is -2.30. The van der Waals surface area contributed by atoms with Crippen LogP contribution in [0.25, 0.3) is 0 Å². The fourth-order valence-corrected chi connectivity index (χ4v) is 1.72. The Kier molecular flexibility index (Phi) is 5.64. The molecule has 0 radical (unpaired) electrons. The van der Waals surface area contributed by atoms with Gasteiger partial charge < -0.3 is 20.3 Å². The Hall–Kier alpha value is -2.41. The lowest BCUT2D eigenvalue weighted by Crippen LogP contribution is -2.56. The average molecular weight is 351 g/mol. The maximum Gasteiger partial charge on any atom is 0.350 e. The third-order valence-corrected chi connectivity index (χ3v) is 3.16. The topological polar surface area (TPSA) is 116 Å². The van der Waals surface area contributed by atoms with Gasteiger partial charge in [0.25, 0.3) is 0 Å². The highest BCUT2D eigenvalue weighted by molar-refractivity contribution is 6.08. The predicted octanol–water partition coefficient (Wildman–Crippen LogP) is 2.00. The molecule has 7 heteroatoms. The van der Waals surface area contributed by atoms with Crippen molar-refractivity contribution in [2.24, 2.45) is 11.1 Å². The number of phenols is 1. The van der Waals surface area contributed by atoms with Gasteiger partial charge in [-0.3, -0.25) is 4.79 Å². The zero-order valence-corrected chi connectivity index (χ0v) is 15.4. The number of nitrogens with two attached hydrogens (primary N) is 1. The highest BCUT2D eigenvalue weighted by atomic mass is 16.6. The molecule has 0 amide bonds. The minimum atomic E-state index is -2.35. The molecule has 0 heterocycles. The van der Waals surface area contributed by atoms with Gasteiger partial charge in [-0.2, -0.15) is 0 Å². The third kappa shape index (κ3) is 5.03. The van der Waals surface area contributed by atoms with E-state index >= 15 is 0 Å². The molecule has 0 saturated heterocycles. The largest absolute Gasteiger partial charge is 0.508 e. The normalized spacial score (nSPS) is 14.4. The highest BCUT2D eigenvalue weighted by Crippen LogP contribution is 2.27. The number of esters is 3. The van der Waals surface area contributed by atoms with Gasteiger partial charge in [0, 0.05) is 0 Å². The van der Waals surface area contributed by atoms with E-state index in [-0.39, 0.29) is 11.3 Å². The molecule has 1 rings (SSSR count). The summed E-state index contributed by atoms with van der Waals surface area (Å²) in [6.45, 7) is 9.55. The summed E-state index contributed by atoms with van der Waals surface area (Å²) < 4.78 is 10.1.